The van der Waals surface area contributed by atoms with Crippen molar-refractivity contribution in [1.29, 1.82) is 0 Å². The van der Waals surface area contributed by atoms with E-state index in [1.807, 2.05) is 60.7 Å². The van der Waals surface area contributed by atoms with Crippen LogP contribution in [0.3, 0.4) is 0 Å². The SMILES string of the molecule is N[C@@H](Cc1ccccc1)C[C@@H](O)[C@@H](Cc1ccccc1)NC(=O)OCc1cncs1. The standard InChI is InChI=1S/C23H27N3O3S/c24-19(11-17-7-3-1-4-8-17)13-22(27)21(12-18-9-5-2-6-10-18)26-23(28)29-15-20-14-25-16-30-20/h1-10,14,16,19,21-22,27H,11-13,15,24H2,(H,26,28)/t19-,21+,22+/m0/s1. The molecule has 3 rings (SSSR count). The Labute approximate surface area is 180 Å². The lowest BCUT2D eigenvalue weighted by atomic mass is 9.94. The number of ether oxygens (including phenoxy) is 1. The largest absolute Gasteiger partial charge is 0.444 e. The minimum absolute atomic E-state index is 0.151. The minimum Gasteiger partial charge on any atom is -0.444 e. The Morgan fingerprint density at radius 1 is 1.07 bits per heavy atom. The topological polar surface area (TPSA) is 97.5 Å². The van der Waals surface area contributed by atoms with Crippen molar-refractivity contribution in [1.82, 2.24) is 10.3 Å². The Balaban J connectivity index is 1.59. The zero-order chi connectivity index (χ0) is 21.2. The Kier molecular flexibility index (Phi) is 8.38. The first kappa shape index (κ1) is 22.0. The van der Waals surface area contributed by atoms with Crippen LogP contribution in [0.5, 0.6) is 0 Å². The average molecular weight is 426 g/mol. The molecule has 0 saturated carbocycles. The van der Waals surface area contributed by atoms with Crippen LogP contribution in [0.25, 0.3) is 0 Å². The third-order valence-electron chi connectivity index (χ3n) is 4.78. The maximum absolute atomic E-state index is 12.3. The first-order valence-electron chi connectivity index (χ1n) is 9.92. The molecule has 3 atom stereocenters. The summed E-state index contributed by atoms with van der Waals surface area (Å²) in [5.74, 6) is 0. The summed E-state index contributed by atoms with van der Waals surface area (Å²) in [5, 5.41) is 13.7. The van der Waals surface area contributed by atoms with E-state index in [0.717, 1.165) is 16.0 Å². The molecular weight excluding hydrogens is 398 g/mol. The molecule has 0 bridgehead atoms. The summed E-state index contributed by atoms with van der Waals surface area (Å²) < 4.78 is 5.28. The summed E-state index contributed by atoms with van der Waals surface area (Å²) in [6.07, 6.45) is 1.79. The van der Waals surface area contributed by atoms with Crippen LogP contribution in [0, 0.1) is 0 Å². The van der Waals surface area contributed by atoms with Gasteiger partial charge in [0.15, 0.2) is 0 Å². The maximum atomic E-state index is 12.3. The summed E-state index contributed by atoms with van der Waals surface area (Å²) in [6, 6.07) is 18.9. The number of aliphatic hydroxyl groups is 1. The van der Waals surface area contributed by atoms with E-state index in [1.54, 1.807) is 11.7 Å². The highest BCUT2D eigenvalue weighted by atomic mass is 32.1. The van der Waals surface area contributed by atoms with Crippen molar-refractivity contribution in [2.24, 2.45) is 5.73 Å². The fraction of sp³-hybridized carbons (Fsp3) is 0.304. The van der Waals surface area contributed by atoms with Crippen molar-refractivity contribution < 1.29 is 14.6 Å². The number of aliphatic hydroxyl groups excluding tert-OH is 1. The van der Waals surface area contributed by atoms with Crippen LogP contribution in [0.2, 0.25) is 0 Å². The van der Waals surface area contributed by atoms with Crippen LogP contribution >= 0.6 is 11.3 Å². The number of hydrogen-bond donors (Lipinski definition) is 3. The monoisotopic (exact) mass is 425 g/mol. The molecule has 0 fully saturated rings. The highest BCUT2D eigenvalue weighted by Gasteiger charge is 2.24. The first-order valence-corrected chi connectivity index (χ1v) is 10.8. The molecule has 1 heterocycles. The Morgan fingerprint density at radius 3 is 2.30 bits per heavy atom. The minimum atomic E-state index is -0.806. The molecule has 30 heavy (non-hydrogen) atoms. The van der Waals surface area contributed by atoms with E-state index < -0.39 is 18.2 Å². The second-order valence-corrected chi connectivity index (χ2v) is 8.21. The normalized spacial score (nSPS) is 13.9. The number of nitrogens with two attached hydrogens (primary N) is 1. The number of amides is 1. The summed E-state index contributed by atoms with van der Waals surface area (Å²) >= 11 is 1.42. The second-order valence-electron chi connectivity index (χ2n) is 7.24. The van der Waals surface area contributed by atoms with Crippen molar-refractivity contribution >= 4 is 17.4 Å². The zero-order valence-electron chi connectivity index (χ0n) is 16.7. The summed E-state index contributed by atoms with van der Waals surface area (Å²) in [5.41, 5.74) is 10.1. The molecule has 7 heteroatoms. The lowest BCUT2D eigenvalue weighted by molar-refractivity contribution is 0.0925. The van der Waals surface area contributed by atoms with Crippen LogP contribution in [0.1, 0.15) is 22.4 Å². The zero-order valence-corrected chi connectivity index (χ0v) is 17.5. The van der Waals surface area contributed by atoms with E-state index in [-0.39, 0.29) is 12.6 Å². The number of nitrogens with zero attached hydrogens (tertiary/aromatic N) is 1. The van der Waals surface area contributed by atoms with Crippen LogP contribution < -0.4 is 11.1 Å². The van der Waals surface area contributed by atoms with E-state index in [9.17, 15) is 9.90 Å². The number of rotatable bonds is 10. The van der Waals surface area contributed by atoms with Gasteiger partial charge in [-0.2, -0.15) is 0 Å². The van der Waals surface area contributed by atoms with Gasteiger partial charge < -0.3 is 20.9 Å². The van der Waals surface area contributed by atoms with Gasteiger partial charge >= 0.3 is 6.09 Å². The lowest BCUT2D eigenvalue weighted by Gasteiger charge is -2.26. The van der Waals surface area contributed by atoms with E-state index in [2.05, 4.69) is 10.3 Å². The maximum Gasteiger partial charge on any atom is 0.407 e. The van der Waals surface area contributed by atoms with Crippen LogP contribution in [0.4, 0.5) is 4.79 Å². The molecule has 0 aliphatic heterocycles. The van der Waals surface area contributed by atoms with Gasteiger partial charge in [-0.1, -0.05) is 60.7 Å². The van der Waals surface area contributed by atoms with Crippen molar-refractivity contribution in [3.05, 3.63) is 88.4 Å². The molecular formula is C23H27N3O3S. The Bertz CT molecular complexity index is 875. The summed E-state index contributed by atoms with van der Waals surface area (Å²) in [7, 11) is 0. The van der Waals surface area contributed by atoms with Gasteiger partial charge in [0.2, 0.25) is 0 Å². The Morgan fingerprint density at radius 2 is 1.70 bits per heavy atom. The first-order chi connectivity index (χ1) is 14.6. The fourth-order valence-corrected chi connectivity index (χ4v) is 3.77. The van der Waals surface area contributed by atoms with Gasteiger partial charge in [-0.25, -0.2) is 4.79 Å². The molecule has 0 unspecified atom stereocenters. The molecule has 3 aromatic rings. The molecule has 0 saturated heterocycles. The predicted octanol–water partition coefficient (Wildman–Crippen LogP) is 3.30. The van der Waals surface area contributed by atoms with Crippen LogP contribution in [-0.4, -0.2) is 34.4 Å². The molecule has 1 amide bonds. The highest BCUT2D eigenvalue weighted by molar-refractivity contribution is 7.09. The van der Waals surface area contributed by atoms with Gasteiger partial charge in [0, 0.05) is 12.2 Å². The highest BCUT2D eigenvalue weighted by Crippen LogP contribution is 2.13. The lowest BCUT2D eigenvalue weighted by Crippen LogP contribution is -2.47. The number of hydrogen-bond acceptors (Lipinski definition) is 6. The predicted molar refractivity (Wildman–Crippen MR) is 118 cm³/mol. The third-order valence-corrected chi connectivity index (χ3v) is 5.53. The van der Waals surface area contributed by atoms with Gasteiger partial charge in [0.05, 0.1) is 22.5 Å². The van der Waals surface area contributed by atoms with Crippen molar-refractivity contribution in [3.63, 3.8) is 0 Å². The number of nitrogens with one attached hydrogen (secondary N) is 1. The van der Waals surface area contributed by atoms with E-state index >= 15 is 0 Å². The van der Waals surface area contributed by atoms with Crippen molar-refractivity contribution in [2.45, 2.75) is 44.1 Å². The molecule has 6 nitrogen and oxygen atoms in total. The molecule has 0 aliphatic rings. The number of benzene rings is 2. The average Bonchev–Trinajstić information content (AvgIpc) is 3.27. The quantitative estimate of drug-likeness (QED) is 0.463. The molecule has 2 aromatic carbocycles. The molecule has 4 N–H and O–H groups in total. The van der Waals surface area contributed by atoms with Gasteiger partial charge in [0.25, 0.3) is 0 Å². The van der Waals surface area contributed by atoms with Crippen molar-refractivity contribution in [3.8, 4) is 0 Å². The number of thiazole rings is 1. The van der Waals surface area contributed by atoms with Gasteiger partial charge in [0.1, 0.15) is 6.61 Å². The number of carbonyl (C=O) groups excluding carboxylic acids is 1. The van der Waals surface area contributed by atoms with Crippen LogP contribution in [0.15, 0.2) is 72.4 Å². The fourth-order valence-electron chi connectivity index (χ4n) is 3.27. The summed E-state index contributed by atoms with van der Waals surface area (Å²) in [4.78, 5) is 17.2. The molecule has 0 aliphatic carbocycles. The van der Waals surface area contributed by atoms with E-state index in [4.69, 9.17) is 10.5 Å². The molecule has 0 radical (unpaired) electrons. The van der Waals surface area contributed by atoms with Crippen LogP contribution in [-0.2, 0) is 24.2 Å². The van der Waals surface area contributed by atoms with Gasteiger partial charge in [-0.3, -0.25) is 4.98 Å². The van der Waals surface area contributed by atoms with Crippen molar-refractivity contribution in [2.75, 3.05) is 0 Å². The number of alkyl carbamates (subject to hydrolysis) is 1. The summed E-state index contributed by atoms with van der Waals surface area (Å²) in [6.45, 7) is 0.151. The Hall–Kier alpha value is -2.74. The number of aromatic nitrogens is 1. The third kappa shape index (κ3) is 7.26. The second kappa shape index (κ2) is 11.4. The molecule has 1 aromatic heterocycles. The molecule has 158 valence electrons. The van der Waals surface area contributed by atoms with E-state index in [1.165, 1.54) is 11.3 Å². The van der Waals surface area contributed by atoms with Gasteiger partial charge in [-0.05, 0) is 30.4 Å². The van der Waals surface area contributed by atoms with Gasteiger partial charge in [-0.15, -0.1) is 11.3 Å². The molecule has 0 spiro atoms. The smallest absolute Gasteiger partial charge is 0.407 e. The number of carbonyl (C=O) groups is 1. The van der Waals surface area contributed by atoms with E-state index in [0.29, 0.717) is 19.3 Å².